The number of hydrogen-bond donors (Lipinski definition) is 2. The molecule has 8 heteroatoms. The fourth-order valence-corrected chi connectivity index (χ4v) is 2.70. The number of carbonyl (C=O) groups is 1. The lowest BCUT2D eigenvalue weighted by Crippen LogP contribution is -2.26. The topological polar surface area (TPSA) is 75.3 Å². The predicted molar refractivity (Wildman–Crippen MR) is 92.0 cm³/mol. The molecule has 2 N–H and O–H groups in total. The molecule has 0 aliphatic carbocycles. The second kappa shape index (κ2) is 8.50. The molecule has 0 unspecified atom stereocenters. The zero-order chi connectivity index (χ0) is 18.3. The average Bonchev–Trinajstić information content (AvgIpc) is 2.57. The summed E-state index contributed by atoms with van der Waals surface area (Å²) in [5.74, 6) is -2.62. The summed E-state index contributed by atoms with van der Waals surface area (Å²) < 4.78 is 51.7. The molecule has 2 aromatic rings. The fraction of sp³-hybridized carbons (Fsp3) is 0.118. The molecule has 1 amide bonds. The average molecular weight is 366 g/mol. The molecule has 0 saturated heterocycles. The first-order valence-corrected chi connectivity index (χ1v) is 8.88. The van der Waals surface area contributed by atoms with Crippen LogP contribution in [0.2, 0.25) is 0 Å². The Morgan fingerprint density at radius 3 is 2.44 bits per heavy atom. The van der Waals surface area contributed by atoms with Crippen molar-refractivity contribution in [1.29, 1.82) is 0 Å². The Morgan fingerprint density at radius 2 is 1.76 bits per heavy atom. The van der Waals surface area contributed by atoms with E-state index in [1.165, 1.54) is 12.1 Å². The summed E-state index contributed by atoms with van der Waals surface area (Å²) in [5.41, 5.74) is 0.819. The van der Waals surface area contributed by atoms with Gasteiger partial charge in [0.05, 0.1) is 0 Å². The second-order valence-electron chi connectivity index (χ2n) is 5.08. The molecule has 2 aromatic carbocycles. The molecule has 0 aliphatic heterocycles. The van der Waals surface area contributed by atoms with E-state index in [9.17, 15) is 22.0 Å². The first-order valence-electron chi connectivity index (χ1n) is 7.33. The molecule has 2 rings (SSSR count). The Bertz CT molecular complexity index is 869. The van der Waals surface area contributed by atoms with Crippen molar-refractivity contribution in [1.82, 2.24) is 4.72 Å². The van der Waals surface area contributed by atoms with Gasteiger partial charge in [0.2, 0.25) is 15.9 Å². The summed E-state index contributed by atoms with van der Waals surface area (Å²) in [6.07, 6.45) is 1.28. The number of anilines is 1. The molecular weight excluding hydrogens is 350 g/mol. The van der Waals surface area contributed by atoms with Crippen molar-refractivity contribution in [2.24, 2.45) is 0 Å². The van der Waals surface area contributed by atoms with Crippen LogP contribution in [-0.2, 0) is 14.8 Å². The fourth-order valence-electron chi connectivity index (χ4n) is 1.88. The van der Waals surface area contributed by atoms with Crippen LogP contribution in [0.15, 0.2) is 53.9 Å². The first-order chi connectivity index (χ1) is 11.9. The maximum Gasteiger partial charge on any atom is 0.233 e. The third-order valence-electron chi connectivity index (χ3n) is 3.10. The van der Waals surface area contributed by atoms with Crippen LogP contribution in [0, 0.1) is 11.6 Å². The van der Waals surface area contributed by atoms with E-state index in [1.54, 1.807) is 24.3 Å². The van der Waals surface area contributed by atoms with Crippen LogP contribution in [0.1, 0.15) is 12.0 Å². The molecule has 0 bridgehead atoms. The number of benzene rings is 2. The molecule has 132 valence electrons. The van der Waals surface area contributed by atoms with Gasteiger partial charge in [0.1, 0.15) is 0 Å². The minimum Gasteiger partial charge on any atom is -0.326 e. The van der Waals surface area contributed by atoms with Crippen molar-refractivity contribution in [3.63, 3.8) is 0 Å². The smallest absolute Gasteiger partial charge is 0.233 e. The van der Waals surface area contributed by atoms with Gasteiger partial charge < -0.3 is 5.32 Å². The van der Waals surface area contributed by atoms with Crippen molar-refractivity contribution >= 4 is 27.7 Å². The minimum atomic E-state index is -3.68. The van der Waals surface area contributed by atoms with E-state index in [0.717, 1.165) is 23.1 Å². The van der Waals surface area contributed by atoms with Crippen LogP contribution in [0.4, 0.5) is 14.5 Å². The van der Waals surface area contributed by atoms with E-state index in [4.69, 9.17) is 0 Å². The van der Waals surface area contributed by atoms with Crippen LogP contribution in [0.3, 0.4) is 0 Å². The van der Waals surface area contributed by atoms with Gasteiger partial charge in [-0.3, -0.25) is 4.79 Å². The van der Waals surface area contributed by atoms with E-state index in [-0.39, 0.29) is 18.7 Å². The normalized spacial score (nSPS) is 11.6. The SMILES string of the molecule is O=C(CCNS(=O)(=O)C=Cc1ccccc1)Nc1ccc(F)c(F)c1. The third kappa shape index (κ3) is 6.44. The molecule has 5 nitrogen and oxygen atoms in total. The predicted octanol–water partition coefficient (Wildman–Crippen LogP) is 2.88. The molecule has 25 heavy (non-hydrogen) atoms. The molecule has 0 spiro atoms. The van der Waals surface area contributed by atoms with Gasteiger partial charge in [-0.25, -0.2) is 21.9 Å². The maximum absolute atomic E-state index is 13.0. The van der Waals surface area contributed by atoms with Crippen molar-refractivity contribution in [2.45, 2.75) is 6.42 Å². The zero-order valence-electron chi connectivity index (χ0n) is 13.1. The van der Waals surface area contributed by atoms with Gasteiger partial charge in [0.15, 0.2) is 11.6 Å². The van der Waals surface area contributed by atoms with Gasteiger partial charge in [0.25, 0.3) is 0 Å². The summed E-state index contributed by atoms with van der Waals surface area (Å²) in [6.45, 7) is -0.128. The first kappa shape index (κ1) is 18.8. The van der Waals surface area contributed by atoms with Gasteiger partial charge in [-0.1, -0.05) is 30.3 Å². The molecule has 0 heterocycles. The van der Waals surface area contributed by atoms with Crippen LogP contribution >= 0.6 is 0 Å². The van der Waals surface area contributed by atoms with Crippen LogP contribution in [-0.4, -0.2) is 20.9 Å². The van der Waals surface area contributed by atoms with Gasteiger partial charge in [-0.2, -0.15) is 0 Å². The highest BCUT2D eigenvalue weighted by molar-refractivity contribution is 7.92. The van der Waals surface area contributed by atoms with Crippen LogP contribution in [0.5, 0.6) is 0 Å². The molecule has 0 saturated carbocycles. The van der Waals surface area contributed by atoms with E-state index < -0.39 is 27.6 Å². The van der Waals surface area contributed by atoms with Crippen molar-refractivity contribution in [3.05, 3.63) is 71.1 Å². The number of halogens is 2. The van der Waals surface area contributed by atoms with Crippen molar-refractivity contribution < 1.29 is 22.0 Å². The summed E-state index contributed by atoms with van der Waals surface area (Å²) in [5, 5.41) is 3.37. The summed E-state index contributed by atoms with van der Waals surface area (Å²) >= 11 is 0. The van der Waals surface area contributed by atoms with Gasteiger partial charge >= 0.3 is 0 Å². The Kier molecular flexibility index (Phi) is 6.37. The van der Waals surface area contributed by atoms with Crippen molar-refractivity contribution in [3.8, 4) is 0 Å². The number of rotatable bonds is 7. The standard InChI is InChI=1S/C17H16F2N2O3S/c18-15-7-6-14(12-16(15)19)21-17(22)8-10-20-25(23,24)11-9-13-4-2-1-3-5-13/h1-7,9,11-12,20H,8,10H2,(H,21,22). The van der Waals surface area contributed by atoms with Crippen LogP contribution in [0.25, 0.3) is 6.08 Å². The lowest BCUT2D eigenvalue weighted by atomic mass is 10.2. The summed E-state index contributed by atoms with van der Waals surface area (Å²) in [7, 11) is -3.68. The highest BCUT2D eigenvalue weighted by Crippen LogP contribution is 2.13. The molecule has 0 radical (unpaired) electrons. The lowest BCUT2D eigenvalue weighted by Gasteiger charge is -2.06. The quantitative estimate of drug-likeness (QED) is 0.791. The van der Waals surface area contributed by atoms with E-state index in [2.05, 4.69) is 10.0 Å². The van der Waals surface area contributed by atoms with Crippen LogP contribution < -0.4 is 10.0 Å². The molecule has 0 aromatic heterocycles. The van der Waals surface area contributed by atoms with Gasteiger partial charge in [-0.15, -0.1) is 0 Å². The summed E-state index contributed by atoms with van der Waals surface area (Å²) in [6, 6.07) is 11.8. The Hall–Kier alpha value is -2.58. The maximum atomic E-state index is 13.0. The highest BCUT2D eigenvalue weighted by atomic mass is 32.2. The van der Waals surface area contributed by atoms with Crippen molar-refractivity contribution in [2.75, 3.05) is 11.9 Å². The Balaban J connectivity index is 1.81. The monoisotopic (exact) mass is 366 g/mol. The van der Waals surface area contributed by atoms with E-state index >= 15 is 0 Å². The largest absolute Gasteiger partial charge is 0.326 e. The van der Waals surface area contributed by atoms with Gasteiger partial charge in [-0.05, 0) is 23.8 Å². The Morgan fingerprint density at radius 1 is 1.04 bits per heavy atom. The number of hydrogen-bond acceptors (Lipinski definition) is 3. The molecule has 0 aliphatic rings. The number of nitrogens with one attached hydrogen (secondary N) is 2. The molecule has 0 atom stereocenters. The number of carbonyl (C=O) groups excluding carboxylic acids is 1. The Labute approximate surface area is 144 Å². The van der Waals surface area contributed by atoms with Gasteiger partial charge in [0, 0.05) is 30.1 Å². The minimum absolute atomic E-state index is 0.0933. The number of amides is 1. The molecule has 0 fully saturated rings. The summed E-state index contributed by atoms with van der Waals surface area (Å²) in [4.78, 5) is 11.7. The van der Waals surface area contributed by atoms with E-state index in [1.807, 2.05) is 6.07 Å². The zero-order valence-corrected chi connectivity index (χ0v) is 13.9. The number of sulfonamides is 1. The highest BCUT2D eigenvalue weighted by Gasteiger charge is 2.09. The lowest BCUT2D eigenvalue weighted by molar-refractivity contribution is -0.116. The molecular formula is C17H16F2N2O3S. The second-order valence-corrected chi connectivity index (χ2v) is 6.73. The van der Waals surface area contributed by atoms with E-state index in [0.29, 0.717) is 0 Å². The third-order valence-corrected chi connectivity index (χ3v) is 4.20.